The third kappa shape index (κ3) is 3.71. The van der Waals surface area contributed by atoms with Gasteiger partial charge in [0.2, 0.25) is 0 Å². The van der Waals surface area contributed by atoms with Crippen molar-refractivity contribution in [2.45, 2.75) is 19.1 Å². The van der Waals surface area contributed by atoms with Crippen LogP contribution in [0.25, 0.3) is 0 Å². The summed E-state index contributed by atoms with van der Waals surface area (Å²) < 4.78 is 5.39. The SMILES string of the molecule is CCNC(=O)OC1CN(C(c2ccccc2)c2ccccc2)C1. The molecular weight excluding hydrogens is 288 g/mol. The first-order valence-electron chi connectivity index (χ1n) is 8.06. The van der Waals surface area contributed by atoms with Crippen LogP contribution < -0.4 is 5.32 Å². The standard InChI is InChI=1S/C19H22N2O2/c1-2-20-19(22)23-17-13-21(14-17)18(15-9-5-3-6-10-15)16-11-7-4-8-12-16/h3-12,17-18H,2,13-14H2,1H3,(H,20,22). The van der Waals surface area contributed by atoms with Gasteiger partial charge in [0.1, 0.15) is 6.10 Å². The molecule has 1 N–H and O–H groups in total. The van der Waals surface area contributed by atoms with Gasteiger partial charge in [-0.3, -0.25) is 4.90 Å². The average molecular weight is 310 g/mol. The molecule has 2 aromatic carbocycles. The molecule has 1 aliphatic rings. The largest absolute Gasteiger partial charge is 0.444 e. The number of hydrogen-bond acceptors (Lipinski definition) is 3. The normalized spacial score (nSPS) is 15.2. The van der Waals surface area contributed by atoms with Gasteiger partial charge < -0.3 is 10.1 Å². The molecule has 1 saturated heterocycles. The number of amides is 1. The molecule has 3 rings (SSSR count). The first-order valence-corrected chi connectivity index (χ1v) is 8.06. The number of carbonyl (C=O) groups excluding carboxylic acids is 1. The fourth-order valence-electron chi connectivity index (χ4n) is 2.98. The number of nitrogens with zero attached hydrogens (tertiary/aromatic N) is 1. The molecule has 120 valence electrons. The van der Waals surface area contributed by atoms with Crippen LogP contribution in [0.4, 0.5) is 4.79 Å². The summed E-state index contributed by atoms with van der Waals surface area (Å²) >= 11 is 0. The molecule has 4 heteroatoms. The Morgan fingerprint density at radius 3 is 2.09 bits per heavy atom. The molecule has 0 spiro atoms. The minimum Gasteiger partial charge on any atom is -0.444 e. The summed E-state index contributed by atoms with van der Waals surface area (Å²) in [7, 11) is 0. The van der Waals surface area contributed by atoms with Gasteiger partial charge in [0.15, 0.2) is 0 Å². The van der Waals surface area contributed by atoms with Gasteiger partial charge in [-0.05, 0) is 18.1 Å². The second kappa shape index (κ2) is 7.29. The van der Waals surface area contributed by atoms with Crippen molar-refractivity contribution in [2.24, 2.45) is 0 Å². The number of ether oxygens (including phenoxy) is 1. The molecule has 0 saturated carbocycles. The van der Waals surface area contributed by atoms with E-state index in [1.165, 1.54) is 11.1 Å². The van der Waals surface area contributed by atoms with Crippen molar-refractivity contribution < 1.29 is 9.53 Å². The molecule has 1 aliphatic heterocycles. The lowest BCUT2D eigenvalue weighted by Gasteiger charge is -2.43. The Morgan fingerprint density at radius 1 is 1.09 bits per heavy atom. The Morgan fingerprint density at radius 2 is 1.61 bits per heavy atom. The first-order chi connectivity index (χ1) is 11.3. The van der Waals surface area contributed by atoms with Crippen LogP contribution in [0.2, 0.25) is 0 Å². The molecule has 0 unspecified atom stereocenters. The maximum Gasteiger partial charge on any atom is 0.407 e. The molecule has 0 radical (unpaired) electrons. The van der Waals surface area contributed by atoms with Gasteiger partial charge in [-0.1, -0.05) is 60.7 Å². The van der Waals surface area contributed by atoms with E-state index in [4.69, 9.17) is 4.74 Å². The second-order valence-corrected chi connectivity index (χ2v) is 5.74. The van der Waals surface area contributed by atoms with Crippen molar-refractivity contribution in [2.75, 3.05) is 19.6 Å². The minimum atomic E-state index is -0.326. The van der Waals surface area contributed by atoms with Gasteiger partial charge in [-0.2, -0.15) is 0 Å². The summed E-state index contributed by atoms with van der Waals surface area (Å²) in [6.07, 6.45) is -0.357. The van der Waals surface area contributed by atoms with E-state index in [1.54, 1.807) is 0 Å². The summed E-state index contributed by atoms with van der Waals surface area (Å²) in [5.74, 6) is 0. The van der Waals surface area contributed by atoms with Crippen LogP contribution in [0.3, 0.4) is 0 Å². The van der Waals surface area contributed by atoms with E-state index in [9.17, 15) is 4.79 Å². The van der Waals surface area contributed by atoms with Gasteiger partial charge in [0, 0.05) is 19.6 Å². The molecule has 0 aliphatic carbocycles. The van der Waals surface area contributed by atoms with Gasteiger partial charge in [0.25, 0.3) is 0 Å². The number of rotatable bonds is 5. The van der Waals surface area contributed by atoms with E-state index < -0.39 is 0 Å². The Labute approximate surface area is 137 Å². The number of likely N-dealkylation sites (tertiary alicyclic amines) is 1. The van der Waals surface area contributed by atoms with E-state index in [0.717, 1.165) is 13.1 Å². The van der Waals surface area contributed by atoms with E-state index >= 15 is 0 Å². The monoisotopic (exact) mass is 310 g/mol. The summed E-state index contributed by atoms with van der Waals surface area (Å²) in [6.45, 7) is 3.98. The van der Waals surface area contributed by atoms with Crippen molar-refractivity contribution in [3.63, 3.8) is 0 Å². The number of hydrogen-bond donors (Lipinski definition) is 1. The van der Waals surface area contributed by atoms with Crippen molar-refractivity contribution in [3.05, 3.63) is 71.8 Å². The van der Waals surface area contributed by atoms with Crippen molar-refractivity contribution in [1.29, 1.82) is 0 Å². The lowest BCUT2D eigenvalue weighted by atomic mass is 9.94. The van der Waals surface area contributed by atoms with Crippen molar-refractivity contribution in [1.82, 2.24) is 10.2 Å². The van der Waals surface area contributed by atoms with Crippen LogP contribution >= 0.6 is 0 Å². The van der Waals surface area contributed by atoms with E-state index in [0.29, 0.717) is 6.54 Å². The molecule has 1 fully saturated rings. The summed E-state index contributed by atoms with van der Waals surface area (Å²) in [6, 6.07) is 21.1. The van der Waals surface area contributed by atoms with E-state index in [1.807, 2.05) is 19.1 Å². The Bertz CT molecular complexity index is 585. The van der Waals surface area contributed by atoms with E-state index in [-0.39, 0.29) is 18.2 Å². The third-order valence-electron chi connectivity index (χ3n) is 4.07. The summed E-state index contributed by atoms with van der Waals surface area (Å²) in [5, 5.41) is 2.67. The summed E-state index contributed by atoms with van der Waals surface area (Å²) in [5.41, 5.74) is 2.52. The molecule has 23 heavy (non-hydrogen) atoms. The molecule has 1 heterocycles. The molecule has 0 aromatic heterocycles. The fourth-order valence-corrected chi connectivity index (χ4v) is 2.98. The maximum absolute atomic E-state index is 11.5. The zero-order chi connectivity index (χ0) is 16.1. The van der Waals surface area contributed by atoms with Crippen LogP contribution in [0.1, 0.15) is 24.1 Å². The molecule has 0 atom stereocenters. The Balaban J connectivity index is 1.71. The zero-order valence-corrected chi connectivity index (χ0v) is 13.3. The molecular formula is C19H22N2O2. The van der Waals surface area contributed by atoms with Crippen LogP contribution in [0.15, 0.2) is 60.7 Å². The predicted molar refractivity (Wildman–Crippen MR) is 90.2 cm³/mol. The average Bonchev–Trinajstić information content (AvgIpc) is 2.55. The highest BCUT2D eigenvalue weighted by Crippen LogP contribution is 2.32. The molecule has 0 bridgehead atoms. The highest BCUT2D eigenvalue weighted by atomic mass is 16.6. The van der Waals surface area contributed by atoms with Gasteiger partial charge >= 0.3 is 6.09 Å². The molecule has 1 amide bonds. The van der Waals surface area contributed by atoms with Crippen LogP contribution in [-0.4, -0.2) is 36.7 Å². The topological polar surface area (TPSA) is 41.6 Å². The quantitative estimate of drug-likeness (QED) is 0.922. The maximum atomic E-state index is 11.5. The second-order valence-electron chi connectivity index (χ2n) is 5.74. The van der Waals surface area contributed by atoms with Crippen LogP contribution in [0, 0.1) is 0 Å². The smallest absolute Gasteiger partial charge is 0.407 e. The number of alkyl carbamates (subject to hydrolysis) is 1. The fraction of sp³-hybridized carbons (Fsp3) is 0.316. The summed E-state index contributed by atoms with van der Waals surface area (Å²) in [4.78, 5) is 13.9. The highest BCUT2D eigenvalue weighted by molar-refractivity contribution is 5.67. The van der Waals surface area contributed by atoms with Crippen LogP contribution in [-0.2, 0) is 4.74 Å². The minimum absolute atomic E-state index is 0.0310. The third-order valence-corrected chi connectivity index (χ3v) is 4.07. The van der Waals surface area contributed by atoms with Gasteiger partial charge in [-0.15, -0.1) is 0 Å². The predicted octanol–water partition coefficient (Wildman–Crippen LogP) is 3.21. The lowest BCUT2D eigenvalue weighted by molar-refractivity contribution is -0.0278. The van der Waals surface area contributed by atoms with Crippen LogP contribution in [0.5, 0.6) is 0 Å². The number of carbonyl (C=O) groups is 1. The molecule has 2 aromatic rings. The van der Waals surface area contributed by atoms with Crippen molar-refractivity contribution in [3.8, 4) is 0 Å². The van der Waals surface area contributed by atoms with E-state index in [2.05, 4.69) is 58.7 Å². The van der Waals surface area contributed by atoms with Gasteiger partial charge in [0.05, 0.1) is 6.04 Å². The Kier molecular flexibility index (Phi) is 4.93. The van der Waals surface area contributed by atoms with Gasteiger partial charge in [-0.25, -0.2) is 4.79 Å². The first kappa shape index (κ1) is 15.6. The number of nitrogens with one attached hydrogen (secondary N) is 1. The number of benzene rings is 2. The zero-order valence-electron chi connectivity index (χ0n) is 13.3. The highest BCUT2D eigenvalue weighted by Gasteiger charge is 2.36. The molecule has 4 nitrogen and oxygen atoms in total. The lowest BCUT2D eigenvalue weighted by Crippen LogP contribution is -2.55. The Hall–Kier alpha value is -2.33. The van der Waals surface area contributed by atoms with Crippen molar-refractivity contribution >= 4 is 6.09 Å².